The topological polar surface area (TPSA) is 67.1 Å². The molecule has 4 heteroatoms. The van der Waals surface area contributed by atoms with Gasteiger partial charge in [-0.05, 0) is 55.7 Å². The Morgan fingerprint density at radius 2 is 1.91 bits per heavy atom. The van der Waals surface area contributed by atoms with E-state index in [1.165, 1.54) is 19.3 Å². The first-order valence-electron chi connectivity index (χ1n) is 9.04. The Bertz CT molecular complexity index is 531. The summed E-state index contributed by atoms with van der Waals surface area (Å²) < 4.78 is 0. The first-order valence-corrected chi connectivity index (χ1v) is 9.04. The van der Waals surface area contributed by atoms with Crippen molar-refractivity contribution < 1.29 is 4.79 Å². The molecule has 4 N–H and O–H groups in total. The maximum Gasteiger partial charge on any atom is 0.227 e. The summed E-state index contributed by atoms with van der Waals surface area (Å²) in [5, 5.41) is 6.50. The first kappa shape index (κ1) is 16.5. The number of fused-ring (bicyclic) bond motifs is 2. The number of para-hydroxylation sites is 1. The molecular formula is C19H29N3O. The number of hydrogen-bond donors (Lipinski definition) is 3. The van der Waals surface area contributed by atoms with Crippen molar-refractivity contribution in [3.05, 3.63) is 29.8 Å². The molecule has 2 fully saturated rings. The number of hydrogen-bond acceptors (Lipinski definition) is 3. The van der Waals surface area contributed by atoms with E-state index < -0.39 is 0 Å². The molecule has 0 aliphatic heterocycles. The molecule has 23 heavy (non-hydrogen) atoms. The van der Waals surface area contributed by atoms with Gasteiger partial charge in [-0.25, -0.2) is 0 Å². The van der Waals surface area contributed by atoms with Gasteiger partial charge in [0.2, 0.25) is 5.91 Å². The summed E-state index contributed by atoms with van der Waals surface area (Å²) in [6, 6.07) is 8.39. The summed E-state index contributed by atoms with van der Waals surface area (Å²) in [4.78, 5) is 12.8. The van der Waals surface area contributed by atoms with Gasteiger partial charge in [0.15, 0.2) is 0 Å². The van der Waals surface area contributed by atoms with Crippen LogP contribution >= 0.6 is 0 Å². The van der Waals surface area contributed by atoms with Crippen LogP contribution in [0.1, 0.15) is 44.6 Å². The van der Waals surface area contributed by atoms with Crippen molar-refractivity contribution in [1.29, 1.82) is 0 Å². The summed E-state index contributed by atoms with van der Waals surface area (Å²) in [5.74, 6) is 1.38. The standard InChI is InChI=1S/C19H29N3O/c1-2-21-12-15-6-3-4-9-17(15)22-19(23)16-10-13-7-5-8-14(11-16)18(13)20/h3-4,6,9,13-14,16,18,21H,2,5,7-8,10-12,20H2,1H3,(H,22,23). The summed E-state index contributed by atoms with van der Waals surface area (Å²) >= 11 is 0. The number of carbonyl (C=O) groups is 1. The lowest BCUT2D eigenvalue weighted by atomic mass is 9.65. The zero-order chi connectivity index (χ0) is 16.2. The van der Waals surface area contributed by atoms with Crippen LogP contribution in [-0.4, -0.2) is 18.5 Å². The fraction of sp³-hybridized carbons (Fsp3) is 0.632. The molecule has 2 unspecified atom stereocenters. The summed E-state index contributed by atoms with van der Waals surface area (Å²) in [6.07, 6.45) is 5.58. The van der Waals surface area contributed by atoms with Crippen molar-refractivity contribution in [3.63, 3.8) is 0 Å². The number of nitrogens with two attached hydrogens (primary N) is 1. The van der Waals surface area contributed by atoms with E-state index in [-0.39, 0.29) is 11.8 Å². The SMILES string of the molecule is CCNCc1ccccc1NC(=O)C1CC2CCCC(C1)C2N. The van der Waals surface area contributed by atoms with Gasteiger partial charge in [-0.15, -0.1) is 0 Å². The smallest absolute Gasteiger partial charge is 0.227 e. The lowest BCUT2D eigenvalue weighted by Crippen LogP contribution is -2.48. The van der Waals surface area contributed by atoms with E-state index in [0.29, 0.717) is 17.9 Å². The van der Waals surface area contributed by atoms with Crippen LogP contribution in [0.5, 0.6) is 0 Å². The quantitative estimate of drug-likeness (QED) is 0.782. The molecule has 126 valence electrons. The third-order valence-corrected chi connectivity index (χ3v) is 5.62. The van der Waals surface area contributed by atoms with E-state index in [0.717, 1.165) is 37.2 Å². The number of rotatable bonds is 5. The average molecular weight is 315 g/mol. The van der Waals surface area contributed by atoms with Gasteiger partial charge < -0.3 is 16.4 Å². The van der Waals surface area contributed by atoms with Crippen LogP contribution in [0.3, 0.4) is 0 Å². The number of carbonyl (C=O) groups excluding carboxylic acids is 1. The molecule has 0 radical (unpaired) electrons. The van der Waals surface area contributed by atoms with Gasteiger partial charge in [0.1, 0.15) is 0 Å². The van der Waals surface area contributed by atoms with E-state index >= 15 is 0 Å². The summed E-state index contributed by atoms with van der Waals surface area (Å²) in [6.45, 7) is 3.80. The minimum absolute atomic E-state index is 0.122. The zero-order valence-electron chi connectivity index (χ0n) is 14.1. The highest BCUT2D eigenvalue weighted by molar-refractivity contribution is 5.93. The molecule has 2 bridgehead atoms. The molecular weight excluding hydrogens is 286 g/mol. The van der Waals surface area contributed by atoms with Crippen molar-refractivity contribution in [2.24, 2.45) is 23.5 Å². The molecule has 2 aliphatic carbocycles. The van der Waals surface area contributed by atoms with Crippen LogP contribution in [0.25, 0.3) is 0 Å². The van der Waals surface area contributed by atoms with Crippen LogP contribution < -0.4 is 16.4 Å². The minimum Gasteiger partial charge on any atom is -0.327 e. The second-order valence-electron chi connectivity index (χ2n) is 7.12. The Balaban J connectivity index is 1.65. The third-order valence-electron chi connectivity index (χ3n) is 5.62. The number of amides is 1. The van der Waals surface area contributed by atoms with Crippen LogP contribution in [-0.2, 0) is 11.3 Å². The Morgan fingerprint density at radius 3 is 2.61 bits per heavy atom. The van der Waals surface area contributed by atoms with Crippen molar-refractivity contribution >= 4 is 11.6 Å². The van der Waals surface area contributed by atoms with Crippen molar-refractivity contribution in [2.75, 3.05) is 11.9 Å². The second-order valence-corrected chi connectivity index (χ2v) is 7.12. The molecule has 0 spiro atoms. The van der Waals surface area contributed by atoms with Gasteiger partial charge in [-0.1, -0.05) is 31.5 Å². The highest BCUT2D eigenvalue weighted by Crippen LogP contribution is 2.42. The Hall–Kier alpha value is -1.39. The molecule has 2 atom stereocenters. The lowest BCUT2D eigenvalue weighted by molar-refractivity contribution is -0.122. The van der Waals surface area contributed by atoms with Gasteiger partial charge >= 0.3 is 0 Å². The largest absolute Gasteiger partial charge is 0.327 e. The zero-order valence-corrected chi connectivity index (χ0v) is 14.1. The average Bonchev–Trinajstić information content (AvgIpc) is 2.53. The van der Waals surface area contributed by atoms with Crippen LogP contribution in [0.4, 0.5) is 5.69 Å². The molecule has 1 aromatic rings. The number of nitrogens with one attached hydrogen (secondary N) is 2. The van der Waals surface area contributed by atoms with E-state index in [1.807, 2.05) is 18.2 Å². The van der Waals surface area contributed by atoms with Gasteiger partial charge in [0.25, 0.3) is 0 Å². The van der Waals surface area contributed by atoms with Crippen LogP contribution in [0, 0.1) is 17.8 Å². The number of benzene rings is 1. The first-order chi connectivity index (χ1) is 11.2. The predicted molar refractivity (Wildman–Crippen MR) is 94.0 cm³/mol. The molecule has 3 rings (SSSR count). The van der Waals surface area contributed by atoms with Crippen molar-refractivity contribution in [2.45, 2.75) is 51.6 Å². The highest BCUT2D eigenvalue weighted by atomic mass is 16.1. The van der Waals surface area contributed by atoms with Crippen molar-refractivity contribution in [3.8, 4) is 0 Å². The van der Waals surface area contributed by atoms with E-state index in [4.69, 9.17) is 5.73 Å². The van der Waals surface area contributed by atoms with Gasteiger partial charge in [0.05, 0.1) is 0 Å². The normalized spacial score (nSPS) is 30.0. The predicted octanol–water partition coefficient (Wildman–Crippen LogP) is 2.89. The van der Waals surface area contributed by atoms with Crippen LogP contribution in [0.15, 0.2) is 24.3 Å². The molecule has 1 aromatic carbocycles. The molecule has 4 nitrogen and oxygen atoms in total. The Kier molecular flexibility index (Phi) is 5.34. The minimum atomic E-state index is 0.122. The van der Waals surface area contributed by atoms with E-state index in [2.05, 4.69) is 23.6 Å². The summed E-state index contributed by atoms with van der Waals surface area (Å²) in [7, 11) is 0. The van der Waals surface area contributed by atoms with Crippen molar-refractivity contribution in [1.82, 2.24) is 5.32 Å². The fourth-order valence-corrected chi connectivity index (χ4v) is 4.29. The molecule has 2 saturated carbocycles. The molecule has 0 aromatic heterocycles. The molecule has 2 aliphatic rings. The third kappa shape index (κ3) is 3.75. The maximum atomic E-state index is 12.8. The van der Waals surface area contributed by atoms with Gasteiger partial charge in [-0.2, -0.15) is 0 Å². The van der Waals surface area contributed by atoms with Gasteiger partial charge in [-0.3, -0.25) is 4.79 Å². The van der Waals surface area contributed by atoms with E-state index in [1.54, 1.807) is 0 Å². The monoisotopic (exact) mass is 315 g/mol. The lowest BCUT2D eigenvalue weighted by Gasteiger charge is -2.43. The Labute approximate surface area is 139 Å². The maximum absolute atomic E-state index is 12.8. The molecule has 0 saturated heterocycles. The highest BCUT2D eigenvalue weighted by Gasteiger charge is 2.40. The summed E-state index contributed by atoms with van der Waals surface area (Å²) in [5.41, 5.74) is 8.43. The van der Waals surface area contributed by atoms with Gasteiger partial charge in [0, 0.05) is 24.2 Å². The molecule has 1 amide bonds. The Morgan fingerprint density at radius 1 is 1.22 bits per heavy atom. The fourth-order valence-electron chi connectivity index (χ4n) is 4.29. The number of anilines is 1. The second kappa shape index (κ2) is 7.45. The van der Waals surface area contributed by atoms with Crippen LogP contribution in [0.2, 0.25) is 0 Å². The van der Waals surface area contributed by atoms with E-state index in [9.17, 15) is 4.79 Å². The molecule has 0 heterocycles.